The Morgan fingerprint density at radius 2 is 1.88 bits per heavy atom. The molecule has 4 rings (SSSR count). The monoisotopic (exact) mass is 443 g/mol. The van der Waals surface area contributed by atoms with Crippen molar-refractivity contribution in [2.75, 3.05) is 25.6 Å². The van der Waals surface area contributed by atoms with Crippen molar-refractivity contribution in [1.82, 2.24) is 0 Å². The van der Waals surface area contributed by atoms with Gasteiger partial charge in [-0.2, -0.15) is 13.2 Å². The fraction of sp³-hybridized carbons (Fsp3) is 0.208. The Kier molecular flexibility index (Phi) is 6.05. The first kappa shape index (κ1) is 21.7. The van der Waals surface area contributed by atoms with Gasteiger partial charge in [-0.1, -0.05) is 30.3 Å². The fourth-order valence-corrected chi connectivity index (χ4v) is 3.54. The summed E-state index contributed by atoms with van der Waals surface area (Å²) in [6, 6.07) is 14.4. The van der Waals surface area contributed by atoms with Crippen molar-refractivity contribution in [1.29, 1.82) is 0 Å². The zero-order valence-electron chi connectivity index (χ0n) is 17.2. The highest BCUT2D eigenvalue weighted by Gasteiger charge is 2.31. The van der Waals surface area contributed by atoms with Crippen LogP contribution in [0.3, 0.4) is 0 Å². The normalized spacial score (nSPS) is 11.8. The van der Waals surface area contributed by atoms with Crippen LogP contribution in [-0.4, -0.2) is 26.2 Å². The number of fused-ring (bicyclic) bond motifs is 3. The molecule has 0 unspecified atom stereocenters. The van der Waals surface area contributed by atoms with Crippen LogP contribution < -0.4 is 10.1 Å². The average molecular weight is 443 g/mol. The van der Waals surface area contributed by atoms with Gasteiger partial charge in [0.1, 0.15) is 17.9 Å². The number of halogens is 3. The number of benzene rings is 3. The van der Waals surface area contributed by atoms with E-state index in [0.717, 1.165) is 28.3 Å². The molecule has 166 valence electrons. The summed E-state index contributed by atoms with van der Waals surface area (Å²) in [5, 5.41) is 5.29. The first-order chi connectivity index (χ1) is 15.4. The highest BCUT2D eigenvalue weighted by molar-refractivity contribution is 6.09. The SMILES string of the molecule is COCCOc1ccc(C(F)(F)F)cc1NC(=O)Cc1coc2ccc3ccccc3c12. The van der Waals surface area contributed by atoms with Crippen molar-refractivity contribution in [2.45, 2.75) is 12.6 Å². The molecule has 8 heteroatoms. The fourth-order valence-electron chi connectivity index (χ4n) is 3.54. The van der Waals surface area contributed by atoms with E-state index < -0.39 is 17.6 Å². The molecule has 0 spiro atoms. The number of hydrogen-bond donors (Lipinski definition) is 1. The molecule has 32 heavy (non-hydrogen) atoms. The summed E-state index contributed by atoms with van der Waals surface area (Å²) in [6.07, 6.45) is -3.13. The largest absolute Gasteiger partial charge is 0.489 e. The molecule has 0 atom stereocenters. The minimum atomic E-state index is -4.55. The molecule has 0 aliphatic carbocycles. The van der Waals surface area contributed by atoms with Crippen molar-refractivity contribution in [3.05, 3.63) is 72.0 Å². The Balaban J connectivity index is 1.62. The molecule has 0 fully saturated rings. The first-order valence-electron chi connectivity index (χ1n) is 9.87. The van der Waals surface area contributed by atoms with Crippen LogP contribution in [0, 0.1) is 0 Å². The third-order valence-electron chi connectivity index (χ3n) is 5.02. The molecule has 0 radical (unpaired) electrons. The van der Waals surface area contributed by atoms with Crippen molar-refractivity contribution in [2.24, 2.45) is 0 Å². The van der Waals surface area contributed by atoms with Gasteiger partial charge in [-0.15, -0.1) is 0 Å². The second-order valence-corrected chi connectivity index (χ2v) is 7.20. The highest BCUT2D eigenvalue weighted by atomic mass is 19.4. The number of ether oxygens (including phenoxy) is 2. The Bertz CT molecular complexity index is 1260. The van der Waals surface area contributed by atoms with Crippen molar-refractivity contribution in [3.63, 3.8) is 0 Å². The number of rotatable bonds is 7. The molecule has 1 heterocycles. The van der Waals surface area contributed by atoms with Crippen LogP contribution >= 0.6 is 0 Å². The van der Waals surface area contributed by atoms with Crippen molar-refractivity contribution >= 4 is 33.3 Å². The van der Waals surface area contributed by atoms with Crippen LogP contribution in [0.5, 0.6) is 5.75 Å². The highest BCUT2D eigenvalue weighted by Crippen LogP contribution is 2.35. The lowest BCUT2D eigenvalue weighted by Gasteiger charge is -2.15. The second-order valence-electron chi connectivity index (χ2n) is 7.20. The number of furan rings is 1. The number of amides is 1. The lowest BCUT2D eigenvalue weighted by molar-refractivity contribution is -0.137. The van der Waals surface area contributed by atoms with Crippen LogP contribution in [0.4, 0.5) is 18.9 Å². The lowest BCUT2D eigenvalue weighted by Crippen LogP contribution is -2.17. The zero-order valence-corrected chi connectivity index (χ0v) is 17.2. The topological polar surface area (TPSA) is 60.7 Å². The minimum absolute atomic E-state index is 0.0569. The first-order valence-corrected chi connectivity index (χ1v) is 9.87. The van der Waals surface area contributed by atoms with Crippen LogP contribution in [0.2, 0.25) is 0 Å². The molecule has 4 aromatic rings. The zero-order chi connectivity index (χ0) is 22.7. The van der Waals surface area contributed by atoms with Gasteiger partial charge in [0.05, 0.1) is 30.5 Å². The summed E-state index contributed by atoms with van der Waals surface area (Å²) in [5.41, 5.74) is 0.336. The Morgan fingerprint density at radius 1 is 1.06 bits per heavy atom. The molecule has 1 aromatic heterocycles. The van der Waals surface area contributed by atoms with Gasteiger partial charge in [-0.3, -0.25) is 4.79 Å². The smallest absolute Gasteiger partial charge is 0.416 e. The molecule has 0 saturated carbocycles. The van der Waals surface area contributed by atoms with Gasteiger partial charge >= 0.3 is 6.18 Å². The van der Waals surface area contributed by atoms with Gasteiger partial charge in [0.15, 0.2) is 0 Å². The van der Waals surface area contributed by atoms with E-state index in [2.05, 4.69) is 5.32 Å². The number of carbonyl (C=O) groups excluding carboxylic acids is 1. The third kappa shape index (κ3) is 4.55. The van der Waals surface area contributed by atoms with E-state index in [9.17, 15) is 18.0 Å². The van der Waals surface area contributed by atoms with E-state index in [4.69, 9.17) is 13.9 Å². The van der Waals surface area contributed by atoms with Crippen LogP contribution in [-0.2, 0) is 22.1 Å². The number of anilines is 1. The summed E-state index contributed by atoms with van der Waals surface area (Å²) in [7, 11) is 1.48. The summed E-state index contributed by atoms with van der Waals surface area (Å²) in [5.74, 6) is -0.359. The number of hydrogen-bond acceptors (Lipinski definition) is 4. The number of alkyl halides is 3. The van der Waals surface area contributed by atoms with Gasteiger partial charge in [0.25, 0.3) is 0 Å². The van der Waals surface area contributed by atoms with Crippen LogP contribution in [0.1, 0.15) is 11.1 Å². The molecule has 0 aliphatic heterocycles. The van der Waals surface area contributed by atoms with Crippen LogP contribution in [0.25, 0.3) is 21.7 Å². The van der Waals surface area contributed by atoms with E-state index >= 15 is 0 Å². The minimum Gasteiger partial charge on any atom is -0.489 e. The molecule has 3 aromatic carbocycles. The molecule has 1 N–H and O–H groups in total. The second kappa shape index (κ2) is 8.92. The summed E-state index contributed by atoms with van der Waals surface area (Å²) in [4.78, 5) is 12.8. The predicted octanol–water partition coefficient (Wildman–Crippen LogP) is 5.81. The van der Waals surface area contributed by atoms with Crippen molar-refractivity contribution in [3.8, 4) is 5.75 Å². The number of carbonyl (C=O) groups is 1. The summed E-state index contributed by atoms with van der Waals surface area (Å²) in [6.45, 7) is 0.381. The van der Waals surface area contributed by atoms with Crippen LogP contribution in [0.15, 0.2) is 65.3 Å². The number of methoxy groups -OCH3 is 1. The van der Waals surface area contributed by atoms with E-state index in [1.54, 1.807) is 0 Å². The van der Waals surface area contributed by atoms with Gasteiger partial charge in [0.2, 0.25) is 5.91 Å². The van der Waals surface area contributed by atoms with E-state index in [0.29, 0.717) is 11.1 Å². The Hall–Kier alpha value is -3.52. The maximum absolute atomic E-state index is 13.2. The maximum atomic E-state index is 13.2. The Morgan fingerprint density at radius 3 is 2.66 bits per heavy atom. The van der Waals surface area contributed by atoms with E-state index in [1.807, 2.05) is 36.4 Å². The Labute approximate surface area is 181 Å². The molecule has 0 aliphatic rings. The summed E-state index contributed by atoms with van der Waals surface area (Å²) < 4.78 is 55.5. The van der Waals surface area contributed by atoms with E-state index in [-0.39, 0.29) is 31.1 Å². The maximum Gasteiger partial charge on any atom is 0.416 e. The van der Waals surface area contributed by atoms with Gasteiger partial charge in [-0.25, -0.2) is 0 Å². The van der Waals surface area contributed by atoms with E-state index in [1.165, 1.54) is 19.4 Å². The third-order valence-corrected chi connectivity index (χ3v) is 5.02. The molecule has 1 amide bonds. The summed E-state index contributed by atoms with van der Waals surface area (Å²) >= 11 is 0. The molecular formula is C24H20F3NO4. The quantitative estimate of drug-likeness (QED) is 0.366. The molecule has 0 bridgehead atoms. The molecule has 0 saturated heterocycles. The molecular weight excluding hydrogens is 423 g/mol. The van der Waals surface area contributed by atoms with Gasteiger partial charge < -0.3 is 19.2 Å². The lowest BCUT2D eigenvalue weighted by atomic mass is 10.0. The van der Waals surface area contributed by atoms with Gasteiger partial charge in [-0.05, 0) is 35.0 Å². The standard InChI is InChI=1S/C24H20F3NO4/c1-30-10-11-31-20-9-7-17(24(25,26)27)13-19(20)28-22(29)12-16-14-32-21-8-6-15-4-2-3-5-18(15)23(16)21/h2-9,13-14H,10-12H2,1H3,(H,28,29). The molecule has 5 nitrogen and oxygen atoms in total. The van der Waals surface area contributed by atoms with Gasteiger partial charge in [0, 0.05) is 18.1 Å². The predicted molar refractivity (Wildman–Crippen MR) is 115 cm³/mol. The average Bonchev–Trinajstić information content (AvgIpc) is 3.17. The van der Waals surface area contributed by atoms with Crippen molar-refractivity contribution < 1.29 is 31.9 Å². The number of nitrogens with one attached hydrogen (secondary N) is 1.